The predicted octanol–water partition coefficient (Wildman–Crippen LogP) is 4.77. The Balaban J connectivity index is 1.69. The maximum absolute atomic E-state index is 4.78. The molecule has 5 aromatic rings. The first-order valence-corrected chi connectivity index (χ1v) is 8.93. The Morgan fingerprint density at radius 3 is 2.32 bits per heavy atom. The molecule has 0 atom stereocenters. The van der Waals surface area contributed by atoms with E-state index in [1.54, 1.807) is 6.21 Å². The van der Waals surface area contributed by atoms with E-state index in [-0.39, 0.29) is 0 Å². The number of rotatable bonds is 4. The maximum atomic E-state index is 4.78. The molecule has 28 heavy (non-hydrogen) atoms. The van der Waals surface area contributed by atoms with E-state index < -0.39 is 0 Å². The van der Waals surface area contributed by atoms with Crippen molar-refractivity contribution < 1.29 is 0 Å². The third-order valence-corrected chi connectivity index (χ3v) is 4.39. The van der Waals surface area contributed by atoms with E-state index in [0.29, 0.717) is 17.5 Å². The van der Waals surface area contributed by atoms with E-state index in [9.17, 15) is 0 Å². The quantitative estimate of drug-likeness (QED) is 0.466. The molecular formula is C22H16N6. The van der Waals surface area contributed by atoms with Crippen LogP contribution in [0.5, 0.6) is 0 Å². The molecule has 5 rings (SSSR count). The molecule has 0 radical (unpaired) electrons. The number of anilines is 2. The summed E-state index contributed by atoms with van der Waals surface area (Å²) in [6.45, 7) is 0. The van der Waals surface area contributed by atoms with Gasteiger partial charge in [0.15, 0.2) is 5.65 Å². The molecule has 6 nitrogen and oxygen atoms in total. The van der Waals surface area contributed by atoms with Crippen LogP contribution in [0, 0.1) is 0 Å². The largest absolute Gasteiger partial charge is 0.325 e. The zero-order chi connectivity index (χ0) is 18.8. The maximum Gasteiger partial charge on any atom is 0.258 e. The van der Waals surface area contributed by atoms with Crippen molar-refractivity contribution in [2.45, 2.75) is 0 Å². The molecular weight excluding hydrogens is 348 g/mol. The van der Waals surface area contributed by atoms with E-state index in [4.69, 9.17) is 4.98 Å². The van der Waals surface area contributed by atoms with Crippen molar-refractivity contribution in [2.75, 3.05) is 5.32 Å². The van der Waals surface area contributed by atoms with Gasteiger partial charge in [-0.1, -0.05) is 60.7 Å². The van der Waals surface area contributed by atoms with Crippen molar-refractivity contribution in [1.82, 2.24) is 19.6 Å². The Morgan fingerprint density at radius 2 is 1.50 bits per heavy atom. The number of nitrogens with zero attached hydrogens (tertiary/aromatic N) is 5. The summed E-state index contributed by atoms with van der Waals surface area (Å²) in [5.41, 5.74) is 3.48. The van der Waals surface area contributed by atoms with E-state index in [1.807, 2.05) is 89.3 Å². The number of para-hydroxylation sites is 2. The Labute approximate surface area is 161 Å². The van der Waals surface area contributed by atoms with E-state index in [0.717, 1.165) is 22.2 Å². The van der Waals surface area contributed by atoms with Gasteiger partial charge in [0.1, 0.15) is 0 Å². The van der Waals surface area contributed by atoms with Crippen molar-refractivity contribution in [1.29, 1.82) is 0 Å². The fourth-order valence-electron chi connectivity index (χ4n) is 3.06. The lowest BCUT2D eigenvalue weighted by molar-refractivity contribution is 1.07. The van der Waals surface area contributed by atoms with Gasteiger partial charge in [-0.25, -0.2) is 14.4 Å². The fraction of sp³-hybridized carbons (Fsp3) is 0. The molecule has 0 bridgehead atoms. The number of fused-ring (bicyclic) bond motifs is 3. The second-order valence-electron chi connectivity index (χ2n) is 6.27. The second-order valence-corrected chi connectivity index (χ2v) is 6.27. The van der Waals surface area contributed by atoms with E-state index >= 15 is 0 Å². The molecule has 2 aromatic heterocycles. The molecule has 0 saturated carbocycles. The highest BCUT2D eigenvalue weighted by molar-refractivity contribution is 5.93. The molecule has 3 aromatic carbocycles. The van der Waals surface area contributed by atoms with Crippen LogP contribution in [0.4, 0.5) is 17.6 Å². The molecule has 0 unspecified atom stereocenters. The summed E-state index contributed by atoms with van der Waals surface area (Å²) in [5, 5.41) is 13.0. The SMILES string of the molecule is C(=N\c1nnc2c3ccccc3nc(Nc3ccccc3)n12)/c1ccccc1. The standard InChI is InChI=1S/C22H16N6/c1-3-9-16(10-4-1)15-23-21-27-26-20-18-13-7-8-14-19(18)25-22(28(20)21)24-17-11-5-2-6-12-17/h1-15H,(H,24,25)/b23-15+. The lowest BCUT2D eigenvalue weighted by Crippen LogP contribution is -2.02. The minimum Gasteiger partial charge on any atom is -0.325 e. The van der Waals surface area contributed by atoms with Crippen LogP contribution < -0.4 is 5.32 Å². The minimum atomic E-state index is 0.468. The topological polar surface area (TPSA) is 67.5 Å². The minimum absolute atomic E-state index is 0.468. The number of aromatic nitrogens is 4. The van der Waals surface area contributed by atoms with Gasteiger partial charge >= 0.3 is 0 Å². The molecule has 0 aliphatic carbocycles. The van der Waals surface area contributed by atoms with Crippen LogP contribution in [-0.4, -0.2) is 25.8 Å². The summed E-state index contributed by atoms with van der Waals surface area (Å²) in [7, 11) is 0. The monoisotopic (exact) mass is 364 g/mol. The van der Waals surface area contributed by atoms with Crippen LogP contribution in [0.2, 0.25) is 0 Å². The molecule has 1 N–H and O–H groups in total. The zero-order valence-corrected chi connectivity index (χ0v) is 14.9. The van der Waals surface area contributed by atoms with Gasteiger partial charge < -0.3 is 5.32 Å². The number of aliphatic imine (C=N–C) groups is 1. The fourth-order valence-corrected chi connectivity index (χ4v) is 3.06. The van der Waals surface area contributed by atoms with Gasteiger partial charge in [0.2, 0.25) is 5.95 Å². The summed E-state index contributed by atoms with van der Waals surface area (Å²) >= 11 is 0. The number of hydrogen-bond acceptors (Lipinski definition) is 5. The first kappa shape index (κ1) is 16.1. The Hall–Kier alpha value is -4.06. The van der Waals surface area contributed by atoms with Gasteiger partial charge in [-0.05, 0) is 29.8 Å². The van der Waals surface area contributed by atoms with Gasteiger partial charge in [-0.15, -0.1) is 10.2 Å². The summed E-state index contributed by atoms with van der Waals surface area (Å²) in [6.07, 6.45) is 1.78. The Kier molecular flexibility index (Phi) is 3.99. The molecule has 0 spiro atoms. The average Bonchev–Trinajstić information content (AvgIpc) is 3.19. The first-order chi connectivity index (χ1) is 13.9. The van der Waals surface area contributed by atoms with Crippen LogP contribution in [0.25, 0.3) is 16.6 Å². The summed E-state index contributed by atoms with van der Waals surface area (Å²) in [4.78, 5) is 9.34. The molecule has 0 fully saturated rings. The number of hydrogen-bond donors (Lipinski definition) is 1. The average molecular weight is 364 g/mol. The molecule has 2 heterocycles. The van der Waals surface area contributed by atoms with Crippen LogP contribution in [0.3, 0.4) is 0 Å². The summed E-state index contributed by atoms with van der Waals surface area (Å²) < 4.78 is 1.84. The lowest BCUT2D eigenvalue weighted by atomic mass is 10.2. The van der Waals surface area contributed by atoms with Crippen LogP contribution in [0.1, 0.15) is 5.56 Å². The smallest absolute Gasteiger partial charge is 0.258 e. The van der Waals surface area contributed by atoms with Gasteiger partial charge in [-0.3, -0.25) is 0 Å². The Morgan fingerprint density at radius 1 is 0.786 bits per heavy atom. The first-order valence-electron chi connectivity index (χ1n) is 8.93. The van der Waals surface area contributed by atoms with Crippen LogP contribution >= 0.6 is 0 Å². The predicted molar refractivity (Wildman–Crippen MR) is 112 cm³/mol. The second kappa shape index (κ2) is 6.92. The third-order valence-electron chi connectivity index (χ3n) is 4.39. The van der Waals surface area contributed by atoms with Crippen molar-refractivity contribution in [3.63, 3.8) is 0 Å². The molecule has 134 valence electrons. The highest BCUT2D eigenvalue weighted by Crippen LogP contribution is 2.26. The highest BCUT2D eigenvalue weighted by atomic mass is 15.3. The number of nitrogens with one attached hydrogen (secondary N) is 1. The molecule has 6 heteroatoms. The third kappa shape index (κ3) is 2.97. The van der Waals surface area contributed by atoms with Gasteiger partial charge in [0.25, 0.3) is 5.95 Å². The highest BCUT2D eigenvalue weighted by Gasteiger charge is 2.14. The van der Waals surface area contributed by atoms with Gasteiger partial charge in [-0.2, -0.15) is 0 Å². The normalized spacial score (nSPS) is 11.4. The van der Waals surface area contributed by atoms with Crippen molar-refractivity contribution >= 4 is 40.3 Å². The number of benzene rings is 3. The zero-order valence-electron chi connectivity index (χ0n) is 14.9. The van der Waals surface area contributed by atoms with E-state index in [2.05, 4.69) is 20.5 Å². The summed E-state index contributed by atoms with van der Waals surface area (Å²) in [6, 6.07) is 27.7. The van der Waals surface area contributed by atoms with Crippen molar-refractivity contribution in [2.24, 2.45) is 4.99 Å². The van der Waals surface area contributed by atoms with Crippen LogP contribution in [0.15, 0.2) is 89.9 Å². The lowest BCUT2D eigenvalue weighted by Gasteiger charge is -2.10. The van der Waals surface area contributed by atoms with Crippen molar-refractivity contribution in [3.05, 3.63) is 90.5 Å². The van der Waals surface area contributed by atoms with Crippen molar-refractivity contribution in [3.8, 4) is 0 Å². The molecule has 0 amide bonds. The molecule has 0 saturated heterocycles. The van der Waals surface area contributed by atoms with Crippen LogP contribution in [-0.2, 0) is 0 Å². The summed E-state index contributed by atoms with van der Waals surface area (Å²) in [5.74, 6) is 1.08. The molecule has 0 aliphatic rings. The van der Waals surface area contributed by atoms with Gasteiger partial charge in [0.05, 0.1) is 5.52 Å². The molecule has 0 aliphatic heterocycles. The van der Waals surface area contributed by atoms with Gasteiger partial charge in [0, 0.05) is 17.3 Å². The van der Waals surface area contributed by atoms with E-state index in [1.165, 1.54) is 0 Å². The Bertz CT molecular complexity index is 1280.